The number of anilines is 3. The second kappa shape index (κ2) is 12.3. The summed E-state index contributed by atoms with van der Waals surface area (Å²) in [7, 11) is 0. The summed E-state index contributed by atoms with van der Waals surface area (Å²) in [5.41, 5.74) is 4.80. The maximum atomic E-state index is 10.6. The summed E-state index contributed by atoms with van der Waals surface area (Å²) < 4.78 is 0. The monoisotopic (exact) mass is 809 g/mol. The van der Waals surface area contributed by atoms with Gasteiger partial charge in [0, 0.05) is 49.9 Å². The van der Waals surface area contributed by atoms with Gasteiger partial charge in [0.25, 0.3) is 0 Å². The van der Waals surface area contributed by atoms with Crippen molar-refractivity contribution in [1.29, 1.82) is 15.8 Å². The molecule has 7 nitrogen and oxygen atoms in total. The smallest absolute Gasteiger partial charge is 0.188 e. The van der Waals surface area contributed by atoms with Gasteiger partial charge in [0.1, 0.15) is 0 Å². The van der Waals surface area contributed by atoms with Gasteiger partial charge in [-0.2, -0.15) is 15.8 Å². The molecule has 0 saturated heterocycles. The normalized spacial score (nSPS) is 20.3. The highest BCUT2D eigenvalue weighted by atomic mass is 32.4. The molecule has 6 aromatic rings. The molecule has 55 heavy (non-hydrogen) atoms. The van der Waals surface area contributed by atoms with E-state index in [0.29, 0.717) is 33.8 Å². The molecule has 0 amide bonds. The molecule has 2 atom stereocenters. The van der Waals surface area contributed by atoms with Crippen molar-refractivity contribution in [3.8, 4) is 18.2 Å². The Kier molecular flexibility index (Phi) is 7.75. The standard InChI is InChI=1S/C42H18N7P3S3/c1-46-28-6-12-32(13-7-28)51(54)36-18-26(23-44)16-34-40(36)49-41-35(50(34,53)31-10-4-25(22-43)5-11-31)17-27(24-45)19-37(41)52(55,33-14-8-29(47-2)9-15-33)39-21-30(48-3)20-38(51)42(39)49/h4-21H. The van der Waals surface area contributed by atoms with Crippen molar-refractivity contribution < 1.29 is 0 Å². The van der Waals surface area contributed by atoms with E-state index in [9.17, 15) is 15.8 Å². The van der Waals surface area contributed by atoms with Crippen molar-refractivity contribution >= 4 is 135 Å². The average Bonchev–Trinajstić information content (AvgIpc) is 3.24. The van der Waals surface area contributed by atoms with Crippen LogP contribution in [0.1, 0.15) is 16.7 Å². The Morgan fingerprint density at radius 1 is 0.418 bits per heavy atom. The van der Waals surface area contributed by atoms with Crippen LogP contribution in [0.25, 0.3) is 14.5 Å². The number of rotatable bonds is 3. The molecule has 13 heteroatoms. The molecule has 0 aliphatic carbocycles. The zero-order chi connectivity index (χ0) is 38.4. The van der Waals surface area contributed by atoms with E-state index in [1.165, 1.54) is 0 Å². The minimum absolute atomic E-state index is 0.354. The lowest BCUT2D eigenvalue weighted by Gasteiger charge is -2.52. The first kappa shape index (κ1) is 34.8. The van der Waals surface area contributed by atoms with Gasteiger partial charge in [0.05, 0.1) is 71.7 Å². The summed E-state index contributed by atoms with van der Waals surface area (Å²) in [5.74, 6) is 0. The summed E-state index contributed by atoms with van der Waals surface area (Å²) in [6.45, 7) is 23.6. The molecule has 0 radical (unpaired) electrons. The van der Waals surface area contributed by atoms with Gasteiger partial charge in [-0.05, 0) is 64.4 Å². The molecule has 0 fully saturated rings. The highest BCUT2D eigenvalue weighted by molar-refractivity contribution is 8.28. The van der Waals surface area contributed by atoms with Crippen molar-refractivity contribution in [3.05, 3.63) is 160 Å². The number of hydrogen-bond acceptors (Lipinski definition) is 7. The van der Waals surface area contributed by atoms with Gasteiger partial charge < -0.3 is 4.90 Å². The predicted molar refractivity (Wildman–Crippen MR) is 233 cm³/mol. The van der Waals surface area contributed by atoms with Crippen molar-refractivity contribution in [2.75, 3.05) is 4.90 Å². The fraction of sp³-hybridized carbons (Fsp3) is 0. The van der Waals surface area contributed by atoms with Crippen molar-refractivity contribution in [1.82, 2.24) is 0 Å². The van der Waals surface area contributed by atoms with Crippen LogP contribution in [-0.2, 0) is 35.4 Å². The molecule has 0 N–H and O–H groups in total. The Hall–Kier alpha value is -5.99. The van der Waals surface area contributed by atoms with Gasteiger partial charge in [-0.15, -0.1) is 0 Å². The third-order valence-corrected chi connectivity index (χ3v) is 25.0. The first-order chi connectivity index (χ1) is 26.6. The van der Waals surface area contributed by atoms with Crippen molar-refractivity contribution in [2.24, 2.45) is 0 Å². The van der Waals surface area contributed by atoms with Crippen LogP contribution in [0.4, 0.5) is 34.1 Å². The lowest BCUT2D eigenvalue weighted by molar-refractivity contribution is 1.32. The van der Waals surface area contributed by atoms with Crippen LogP contribution in [0.2, 0.25) is 0 Å². The van der Waals surface area contributed by atoms with Crippen molar-refractivity contribution in [3.63, 3.8) is 0 Å². The van der Waals surface area contributed by atoms with Crippen LogP contribution < -0.4 is 52.6 Å². The lowest BCUT2D eigenvalue weighted by atomic mass is 10.1. The van der Waals surface area contributed by atoms with Gasteiger partial charge in [0.2, 0.25) is 0 Å². The number of hydrogen-bond donors (Lipinski definition) is 0. The van der Waals surface area contributed by atoms with E-state index < -0.39 is 18.1 Å². The minimum Gasteiger partial charge on any atom is -0.306 e. The summed E-state index contributed by atoms with van der Waals surface area (Å²) >= 11 is 21.0. The zero-order valence-corrected chi connectivity index (χ0v) is 33.2. The first-order valence-corrected chi connectivity index (χ1v) is 24.8. The molecular weight excluding hydrogens is 792 g/mol. The summed E-state index contributed by atoms with van der Waals surface area (Å²) in [4.78, 5) is 13.4. The Morgan fingerprint density at radius 3 is 1.00 bits per heavy atom. The first-order valence-electron chi connectivity index (χ1n) is 16.4. The Labute approximate surface area is 332 Å². The quantitative estimate of drug-likeness (QED) is 0.146. The third-order valence-electron chi connectivity index (χ3n) is 10.3. The van der Waals surface area contributed by atoms with Gasteiger partial charge in [-0.25, -0.2) is 14.5 Å². The number of benzene rings is 6. The molecule has 3 aliphatic rings. The molecule has 0 aromatic heterocycles. The average molecular weight is 810 g/mol. The van der Waals surface area contributed by atoms with Gasteiger partial charge >= 0.3 is 0 Å². The van der Waals surface area contributed by atoms with Crippen LogP contribution in [0.5, 0.6) is 0 Å². The van der Waals surface area contributed by atoms with Crippen LogP contribution in [0.3, 0.4) is 0 Å². The van der Waals surface area contributed by atoms with E-state index in [2.05, 4.69) is 37.6 Å². The molecule has 0 bridgehead atoms. The second-order valence-electron chi connectivity index (χ2n) is 13.0. The Bertz CT molecular complexity index is 2770. The molecule has 254 valence electrons. The van der Waals surface area contributed by atoms with Gasteiger partial charge in [-0.1, -0.05) is 96.1 Å². The maximum Gasteiger partial charge on any atom is 0.188 e. The summed E-state index contributed by atoms with van der Waals surface area (Å²) in [6, 6.07) is 30.4. The molecule has 6 aromatic carbocycles. The van der Waals surface area contributed by atoms with Crippen LogP contribution >= 0.6 is 18.1 Å². The maximum absolute atomic E-state index is 10.6. The van der Waals surface area contributed by atoms with Crippen molar-refractivity contribution in [2.45, 2.75) is 0 Å². The van der Waals surface area contributed by atoms with Gasteiger partial charge in [0.15, 0.2) is 17.1 Å². The summed E-state index contributed by atoms with van der Waals surface area (Å²) in [5, 5.41) is 37.8. The highest BCUT2D eigenvalue weighted by Gasteiger charge is 2.53. The van der Waals surface area contributed by atoms with E-state index in [-0.39, 0.29) is 0 Å². The van der Waals surface area contributed by atoms with Crippen LogP contribution in [0, 0.1) is 53.7 Å². The van der Waals surface area contributed by atoms with Crippen LogP contribution in [0.15, 0.2) is 109 Å². The largest absolute Gasteiger partial charge is 0.306 e. The molecule has 0 saturated carbocycles. The Morgan fingerprint density at radius 2 is 0.709 bits per heavy atom. The highest BCUT2D eigenvalue weighted by Crippen LogP contribution is 2.66. The number of nitrogens with zero attached hydrogens (tertiary/aromatic N) is 7. The predicted octanol–water partition coefficient (Wildman–Crippen LogP) is 6.63. The summed E-state index contributed by atoms with van der Waals surface area (Å²) in [6.07, 6.45) is 0. The fourth-order valence-corrected chi connectivity index (χ4v) is 20.9. The minimum atomic E-state index is -3.15. The van der Waals surface area contributed by atoms with E-state index in [1.54, 1.807) is 36.4 Å². The molecule has 3 heterocycles. The van der Waals surface area contributed by atoms with Crippen LogP contribution in [-0.4, -0.2) is 0 Å². The molecular formula is C42H18N7P3S3. The topological polar surface area (TPSA) is 87.7 Å². The van der Waals surface area contributed by atoms with E-state index in [1.807, 2.05) is 72.8 Å². The van der Waals surface area contributed by atoms with E-state index >= 15 is 0 Å². The SMILES string of the molecule is [C-]#[N+]c1ccc(P2(=S)c3cc(C#N)cc4c3N3c5c(cc(C#N)cc5P(=S)(c5ccc([N+]#[C-])cc5)c5cc([N+]#[C-])cc2c53)P4(=S)c2ccc(C#N)cc2)cc1. The molecule has 3 aliphatic heterocycles. The molecule has 9 rings (SSSR count). The molecule has 0 spiro atoms. The lowest BCUT2D eigenvalue weighted by Crippen LogP contribution is -2.52. The number of nitriles is 3. The molecule has 2 unspecified atom stereocenters. The third kappa shape index (κ3) is 4.52. The Balaban J connectivity index is 1.55. The zero-order valence-electron chi connectivity index (χ0n) is 28.1. The second-order valence-corrected chi connectivity index (χ2v) is 26.0. The van der Waals surface area contributed by atoms with E-state index in [0.717, 1.165) is 64.8 Å². The van der Waals surface area contributed by atoms with E-state index in [4.69, 9.17) is 55.1 Å². The van der Waals surface area contributed by atoms with Gasteiger partial charge in [-0.3, -0.25) is 0 Å². The fourth-order valence-electron chi connectivity index (χ4n) is 7.90.